The fourth-order valence-electron chi connectivity index (χ4n) is 6.30. The quantitative estimate of drug-likeness (QED) is 0.261. The minimum Gasteiger partial charge on any atom is -0.299 e. The summed E-state index contributed by atoms with van der Waals surface area (Å²) in [5.41, 5.74) is 5.36. The fraction of sp³-hybridized carbons (Fsp3) is 0.656. The van der Waals surface area contributed by atoms with Gasteiger partial charge in [0.15, 0.2) is 0 Å². The smallest absolute Gasteiger partial charge is 0.136 e. The van der Waals surface area contributed by atoms with Crippen LogP contribution in [0.15, 0.2) is 45.5 Å². The van der Waals surface area contributed by atoms with Gasteiger partial charge in [0.05, 0.1) is 0 Å². The number of carbonyl (C=O) groups excluding carboxylic acids is 1. The standard InChI is InChI=1S/C32H48N2O/c1-7-26(19-28-12-8-9-14-29(28)22(2)3)31(35)18-25-11-10-13-27(16-15-25)32-30(21-33-6)24(5)17-23(4)20-34-32/h8-9,12,14,20-27H,7,10-11,13,15-19H2,1-6H3/t23?,24?,25-,26+,27?/m1/s1. The molecule has 3 rings (SSSR count). The highest BCUT2D eigenvalue weighted by molar-refractivity contribution is 5.82. The molecule has 1 aliphatic carbocycles. The summed E-state index contributed by atoms with van der Waals surface area (Å²) in [6.45, 7) is 11.3. The van der Waals surface area contributed by atoms with Crippen molar-refractivity contribution < 1.29 is 4.79 Å². The largest absolute Gasteiger partial charge is 0.299 e. The maximum absolute atomic E-state index is 13.4. The molecule has 1 aromatic rings. The van der Waals surface area contributed by atoms with Crippen LogP contribution in [0.25, 0.3) is 0 Å². The maximum atomic E-state index is 13.4. The molecular formula is C32H48N2O. The van der Waals surface area contributed by atoms with Crippen LogP contribution in [0.2, 0.25) is 0 Å². The maximum Gasteiger partial charge on any atom is 0.136 e. The topological polar surface area (TPSA) is 41.8 Å². The lowest BCUT2D eigenvalue weighted by Gasteiger charge is -2.21. The zero-order valence-electron chi connectivity index (χ0n) is 23.1. The van der Waals surface area contributed by atoms with E-state index in [0.29, 0.717) is 35.4 Å². The summed E-state index contributed by atoms with van der Waals surface area (Å²) >= 11 is 0. The van der Waals surface area contributed by atoms with E-state index in [-0.39, 0.29) is 5.92 Å². The van der Waals surface area contributed by atoms with Gasteiger partial charge in [-0.1, -0.05) is 71.7 Å². The lowest BCUT2D eigenvalue weighted by molar-refractivity contribution is -0.124. The van der Waals surface area contributed by atoms with E-state index in [0.717, 1.165) is 38.5 Å². The van der Waals surface area contributed by atoms with E-state index < -0.39 is 0 Å². The number of aliphatic imine (C=N–C) groups is 2. The Morgan fingerprint density at radius 3 is 2.63 bits per heavy atom. The Balaban J connectivity index is 1.66. The molecule has 0 bridgehead atoms. The predicted octanol–water partition coefficient (Wildman–Crippen LogP) is 8.24. The molecule has 2 aliphatic rings. The summed E-state index contributed by atoms with van der Waals surface area (Å²) in [5, 5.41) is 0. The monoisotopic (exact) mass is 476 g/mol. The molecule has 0 aromatic heterocycles. The van der Waals surface area contributed by atoms with E-state index in [9.17, 15) is 4.79 Å². The zero-order chi connectivity index (χ0) is 25.4. The average molecular weight is 477 g/mol. The molecule has 1 heterocycles. The van der Waals surface area contributed by atoms with Gasteiger partial charge in [0.25, 0.3) is 0 Å². The van der Waals surface area contributed by atoms with E-state index in [4.69, 9.17) is 4.99 Å². The Kier molecular flexibility index (Phi) is 10.5. The van der Waals surface area contributed by atoms with Crippen molar-refractivity contribution in [2.24, 2.45) is 39.6 Å². The van der Waals surface area contributed by atoms with E-state index in [1.165, 1.54) is 41.7 Å². The molecule has 1 aromatic carbocycles. The number of allylic oxidation sites excluding steroid dienone is 2. The first-order chi connectivity index (χ1) is 16.8. The van der Waals surface area contributed by atoms with Crippen LogP contribution >= 0.6 is 0 Å². The molecular weight excluding hydrogens is 428 g/mol. The van der Waals surface area contributed by atoms with Crippen molar-refractivity contribution >= 4 is 18.2 Å². The van der Waals surface area contributed by atoms with Crippen molar-refractivity contribution in [1.29, 1.82) is 0 Å². The summed E-state index contributed by atoms with van der Waals surface area (Å²) in [6, 6.07) is 8.69. The SMILES string of the molecule is CC[C@@H](Cc1ccccc1C(C)C)C(=O)C[C@@H]1CCCC(C2=C(C=NC)C(C)CC(C)C=N2)CC1. The summed E-state index contributed by atoms with van der Waals surface area (Å²) in [4.78, 5) is 22.8. The van der Waals surface area contributed by atoms with Crippen LogP contribution in [0.4, 0.5) is 0 Å². The Morgan fingerprint density at radius 2 is 1.91 bits per heavy atom. The molecule has 0 amide bonds. The lowest BCUT2D eigenvalue weighted by atomic mass is 9.83. The van der Waals surface area contributed by atoms with Crippen molar-refractivity contribution in [1.82, 2.24) is 0 Å². The van der Waals surface area contributed by atoms with Crippen molar-refractivity contribution in [2.45, 2.75) is 98.3 Å². The van der Waals surface area contributed by atoms with Crippen molar-refractivity contribution in [2.75, 3.05) is 7.05 Å². The predicted molar refractivity (Wildman–Crippen MR) is 151 cm³/mol. The zero-order valence-corrected chi connectivity index (χ0v) is 23.1. The Morgan fingerprint density at radius 1 is 1.14 bits per heavy atom. The molecule has 3 nitrogen and oxygen atoms in total. The summed E-state index contributed by atoms with van der Waals surface area (Å²) in [5.74, 6) is 3.10. The van der Waals surface area contributed by atoms with Gasteiger partial charge in [-0.15, -0.1) is 0 Å². The number of ketones is 1. The third-order valence-corrected chi connectivity index (χ3v) is 8.34. The normalized spacial score (nSPS) is 26.7. The number of hydrogen-bond donors (Lipinski definition) is 0. The van der Waals surface area contributed by atoms with E-state index in [2.05, 4.69) is 76.3 Å². The van der Waals surface area contributed by atoms with Gasteiger partial charge in [-0.2, -0.15) is 0 Å². The first-order valence-corrected chi connectivity index (χ1v) is 14.1. The van der Waals surface area contributed by atoms with Gasteiger partial charge < -0.3 is 0 Å². The molecule has 0 spiro atoms. The molecule has 3 unspecified atom stereocenters. The lowest BCUT2D eigenvalue weighted by Crippen LogP contribution is -2.20. The van der Waals surface area contributed by atoms with Crippen LogP contribution in [-0.2, 0) is 11.2 Å². The molecule has 0 radical (unpaired) electrons. The summed E-state index contributed by atoms with van der Waals surface area (Å²) in [6.07, 6.45) is 13.7. The van der Waals surface area contributed by atoms with Crippen molar-refractivity contribution in [3.8, 4) is 0 Å². The number of Topliss-reactive ketones (excluding diaryl/α,β-unsaturated/α-hetero) is 1. The summed E-state index contributed by atoms with van der Waals surface area (Å²) in [7, 11) is 1.87. The van der Waals surface area contributed by atoms with Crippen LogP contribution in [0.3, 0.4) is 0 Å². The van der Waals surface area contributed by atoms with Gasteiger partial charge in [-0.05, 0) is 78.9 Å². The molecule has 5 atom stereocenters. The van der Waals surface area contributed by atoms with Gasteiger partial charge in [0.1, 0.15) is 5.78 Å². The van der Waals surface area contributed by atoms with E-state index in [1.807, 2.05) is 7.05 Å². The molecule has 35 heavy (non-hydrogen) atoms. The number of rotatable bonds is 9. The highest BCUT2D eigenvalue weighted by atomic mass is 16.1. The van der Waals surface area contributed by atoms with E-state index >= 15 is 0 Å². The van der Waals surface area contributed by atoms with Crippen LogP contribution in [-0.4, -0.2) is 25.3 Å². The van der Waals surface area contributed by atoms with Crippen molar-refractivity contribution in [3.05, 3.63) is 46.7 Å². The summed E-state index contributed by atoms with van der Waals surface area (Å²) < 4.78 is 0. The number of hydrogen-bond acceptors (Lipinski definition) is 3. The first-order valence-electron chi connectivity index (χ1n) is 14.1. The number of carbonyl (C=O) groups is 1. The Bertz CT molecular complexity index is 925. The molecule has 3 heteroatoms. The molecule has 0 saturated heterocycles. The first kappa shape index (κ1) is 27.6. The van der Waals surface area contributed by atoms with Crippen LogP contribution in [0.1, 0.15) is 103 Å². The molecule has 1 fully saturated rings. The molecule has 0 N–H and O–H groups in total. The minimum absolute atomic E-state index is 0.137. The highest BCUT2D eigenvalue weighted by Gasteiger charge is 2.29. The molecule has 192 valence electrons. The third kappa shape index (κ3) is 7.48. The second kappa shape index (κ2) is 13.3. The van der Waals surface area contributed by atoms with Gasteiger partial charge in [-0.25, -0.2) is 0 Å². The number of benzene rings is 1. The fourth-order valence-corrected chi connectivity index (χ4v) is 6.30. The van der Waals surface area contributed by atoms with Crippen LogP contribution in [0, 0.1) is 29.6 Å². The van der Waals surface area contributed by atoms with Gasteiger partial charge in [-0.3, -0.25) is 14.8 Å². The second-order valence-electron chi connectivity index (χ2n) is 11.5. The van der Waals surface area contributed by atoms with Gasteiger partial charge in [0.2, 0.25) is 0 Å². The van der Waals surface area contributed by atoms with Crippen molar-refractivity contribution in [3.63, 3.8) is 0 Å². The molecule has 1 aliphatic heterocycles. The van der Waals surface area contributed by atoms with Crippen LogP contribution < -0.4 is 0 Å². The highest BCUT2D eigenvalue weighted by Crippen LogP contribution is 2.38. The van der Waals surface area contributed by atoms with Crippen LogP contribution in [0.5, 0.6) is 0 Å². The minimum atomic E-state index is 0.137. The third-order valence-electron chi connectivity index (χ3n) is 8.34. The molecule has 1 saturated carbocycles. The van der Waals surface area contributed by atoms with Gasteiger partial charge in [0, 0.05) is 43.4 Å². The number of nitrogens with zero attached hydrogens (tertiary/aromatic N) is 2. The second-order valence-corrected chi connectivity index (χ2v) is 11.5. The Labute approximate surface area is 214 Å². The average Bonchev–Trinajstić information content (AvgIpc) is 3.14. The Hall–Kier alpha value is -2.03. The van der Waals surface area contributed by atoms with E-state index in [1.54, 1.807) is 0 Å². The van der Waals surface area contributed by atoms with Gasteiger partial charge >= 0.3 is 0 Å².